The molecule has 0 aliphatic heterocycles. The first kappa shape index (κ1) is 11.1. The van der Waals surface area contributed by atoms with E-state index in [1.165, 1.54) is 5.56 Å². The van der Waals surface area contributed by atoms with Crippen LogP contribution in [-0.2, 0) is 25.9 Å². The number of nitrogens with zero attached hydrogens (tertiary/aromatic N) is 1. The summed E-state index contributed by atoms with van der Waals surface area (Å²) < 4.78 is 0. The van der Waals surface area contributed by atoms with Crippen molar-refractivity contribution in [2.24, 2.45) is 0 Å². The van der Waals surface area contributed by atoms with Gasteiger partial charge in [0.15, 0.2) is 0 Å². The third-order valence-electron chi connectivity index (χ3n) is 1.87. The number of pyridine rings is 1. The summed E-state index contributed by atoms with van der Waals surface area (Å²) in [6, 6.07) is 17.1. The molecule has 0 saturated heterocycles. The first-order valence-corrected chi connectivity index (χ1v) is 4.30. The van der Waals surface area contributed by atoms with Gasteiger partial charge in [0.1, 0.15) is 0 Å². The summed E-state index contributed by atoms with van der Waals surface area (Å²) in [6.07, 6.45) is 2.68. The van der Waals surface area contributed by atoms with Crippen LogP contribution in [0, 0.1) is 6.07 Å². The molecular formula is C12H10NRu. The monoisotopic (exact) mass is 270 g/mol. The third-order valence-corrected chi connectivity index (χ3v) is 1.87. The Morgan fingerprint density at radius 3 is 2.57 bits per heavy atom. The van der Waals surface area contributed by atoms with E-state index in [1.54, 1.807) is 0 Å². The minimum Gasteiger partial charge on any atom is -0.261 e. The van der Waals surface area contributed by atoms with Gasteiger partial charge in [-0.05, 0) is 18.6 Å². The fraction of sp³-hybridized carbons (Fsp3) is 0.0833. The summed E-state index contributed by atoms with van der Waals surface area (Å²) in [5.41, 5.74) is 2.27. The van der Waals surface area contributed by atoms with Crippen molar-refractivity contribution in [2.75, 3.05) is 0 Å². The van der Waals surface area contributed by atoms with E-state index in [1.807, 2.05) is 42.6 Å². The van der Waals surface area contributed by atoms with Gasteiger partial charge in [0.25, 0.3) is 0 Å². The molecular weight excluding hydrogens is 259 g/mol. The first-order chi connectivity index (χ1) is 6.45. The van der Waals surface area contributed by atoms with Gasteiger partial charge in [-0.1, -0.05) is 6.07 Å². The predicted molar refractivity (Wildman–Crippen MR) is 52.3 cm³/mol. The van der Waals surface area contributed by atoms with Crippen LogP contribution in [0.5, 0.6) is 0 Å². The molecule has 2 heteroatoms. The van der Waals surface area contributed by atoms with Gasteiger partial charge in [0.05, 0.1) is 0 Å². The van der Waals surface area contributed by atoms with E-state index in [0.29, 0.717) is 0 Å². The van der Waals surface area contributed by atoms with Crippen molar-refractivity contribution >= 4 is 0 Å². The second-order valence-electron chi connectivity index (χ2n) is 2.89. The number of rotatable bonds is 2. The molecule has 1 nitrogen and oxygen atoms in total. The van der Waals surface area contributed by atoms with Gasteiger partial charge in [0.2, 0.25) is 0 Å². The first-order valence-electron chi connectivity index (χ1n) is 4.30. The van der Waals surface area contributed by atoms with Crippen molar-refractivity contribution < 1.29 is 19.5 Å². The summed E-state index contributed by atoms with van der Waals surface area (Å²) in [6.45, 7) is 0. The van der Waals surface area contributed by atoms with Crippen LogP contribution in [-0.4, -0.2) is 4.98 Å². The zero-order chi connectivity index (χ0) is 8.93. The Labute approximate surface area is 97.0 Å². The van der Waals surface area contributed by atoms with Crippen LogP contribution in [0.2, 0.25) is 0 Å². The minimum absolute atomic E-state index is 0. The van der Waals surface area contributed by atoms with E-state index in [2.05, 4.69) is 17.1 Å². The van der Waals surface area contributed by atoms with Gasteiger partial charge in [-0.25, -0.2) is 0 Å². The molecule has 0 fully saturated rings. The Bertz CT molecular complexity index is 321. The van der Waals surface area contributed by atoms with E-state index in [0.717, 1.165) is 12.1 Å². The normalized spacial score (nSPS) is 9.14. The maximum absolute atomic E-state index is 4.25. The quantitative estimate of drug-likeness (QED) is 0.603. The van der Waals surface area contributed by atoms with E-state index in [-0.39, 0.29) is 19.5 Å². The van der Waals surface area contributed by atoms with Crippen molar-refractivity contribution in [1.29, 1.82) is 0 Å². The second-order valence-corrected chi connectivity index (χ2v) is 2.89. The molecule has 0 N–H and O–H groups in total. The third kappa shape index (κ3) is 3.04. The maximum Gasteiger partial charge on any atom is 1.00 e. The zero-order valence-corrected chi connectivity index (χ0v) is 9.36. The Hall–Kier alpha value is -1.01. The molecule has 0 aliphatic carbocycles. The molecule has 0 unspecified atom stereocenters. The van der Waals surface area contributed by atoms with Crippen LogP contribution in [0.1, 0.15) is 11.3 Å². The van der Waals surface area contributed by atoms with Crippen LogP contribution in [0.25, 0.3) is 0 Å². The predicted octanol–water partition coefficient (Wildman–Crippen LogP) is 2.47. The van der Waals surface area contributed by atoms with Gasteiger partial charge in [-0.3, -0.25) is 4.98 Å². The topological polar surface area (TPSA) is 12.9 Å². The van der Waals surface area contributed by atoms with E-state index in [9.17, 15) is 0 Å². The van der Waals surface area contributed by atoms with Crippen molar-refractivity contribution in [3.05, 3.63) is 66.0 Å². The molecule has 71 valence electrons. The molecule has 0 bridgehead atoms. The molecule has 1 heterocycles. The molecule has 0 amide bonds. The van der Waals surface area contributed by atoms with Crippen molar-refractivity contribution in [2.45, 2.75) is 6.42 Å². The molecule has 0 atom stereocenters. The Kier molecular flexibility index (Phi) is 4.48. The van der Waals surface area contributed by atoms with Gasteiger partial charge in [0, 0.05) is 11.9 Å². The number of hydrogen-bond donors (Lipinski definition) is 0. The molecule has 14 heavy (non-hydrogen) atoms. The Morgan fingerprint density at radius 1 is 1.07 bits per heavy atom. The zero-order valence-electron chi connectivity index (χ0n) is 7.63. The molecule has 2 aromatic rings. The second kappa shape index (κ2) is 5.67. The summed E-state index contributed by atoms with van der Waals surface area (Å²) >= 11 is 0. The van der Waals surface area contributed by atoms with E-state index < -0.39 is 0 Å². The fourth-order valence-corrected chi connectivity index (χ4v) is 1.24. The van der Waals surface area contributed by atoms with Gasteiger partial charge in [-0.15, -0.1) is 0 Å². The largest absolute Gasteiger partial charge is 1.00 e. The van der Waals surface area contributed by atoms with Gasteiger partial charge < -0.3 is 0 Å². The molecule has 0 saturated carbocycles. The van der Waals surface area contributed by atoms with Crippen LogP contribution in [0.4, 0.5) is 0 Å². The fourth-order valence-electron chi connectivity index (χ4n) is 1.24. The molecule has 2 rings (SSSR count). The Balaban J connectivity index is 0.000000980. The smallest absolute Gasteiger partial charge is 0.261 e. The summed E-state index contributed by atoms with van der Waals surface area (Å²) in [7, 11) is 0. The van der Waals surface area contributed by atoms with Crippen LogP contribution in [0.3, 0.4) is 0 Å². The van der Waals surface area contributed by atoms with Crippen molar-refractivity contribution in [1.82, 2.24) is 4.98 Å². The number of hydrogen-bond acceptors (Lipinski definition) is 1. The summed E-state index contributed by atoms with van der Waals surface area (Å²) in [4.78, 5) is 4.25. The number of aromatic nitrogens is 1. The minimum atomic E-state index is 0. The average Bonchev–Trinajstić information content (AvgIpc) is 2.21. The number of benzene rings is 1. The maximum atomic E-state index is 4.25. The molecule has 1 aromatic heterocycles. The molecule has 0 spiro atoms. The SMILES string of the molecule is [Ru+].[c-]1ccccc1Cc1ccccn1. The van der Waals surface area contributed by atoms with Crippen molar-refractivity contribution in [3.8, 4) is 0 Å². The standard InChI is InChI=1S/C12H10N.Ru/c1-2-6-11(7-3-1)10-12-8-4-5-9-13-12;/h1-6,8-9H,10H2;/q-1;+1. The van der Waals surface area contributed by atoms with E-state index >= 15 is 0 Å². The molecule has 0 aliphatic rings. The van der Waals surface area contributed by atoms with Gasteiger partial charge in [-0.2, -0.15) is 35.9 Å². The van der Waals surface area contributed by atoms with Crippen LogP contribution >= 0.6 is 0 Å². The van der Waals surface area contributed by atoms with E-state index in [4.69, 9.17) is 0 Å². The summed E-state index contributed by atoms with van der Waals surface area (Å²) in [5.74, 6) is 0. The molecule has 1 radical (unpaired) electrons. The van der Waals surface area contributed by atoms with Gasteiger partial charge >= 0.3 is 19.5 Å². The van der Waals surface area contributed by atoms with Crippen molar-refractivity contribution in [3.63, 3.8) is 0 Å². The summed E-state index contributed by atoms with van der Waals surface area (Å²) in [5, 5.41) is 0. The Morgan fingerprint density at radius 2 is 1.93 bits per heavy atom. The molecule has 1 aromatic carbocycles. The van der Waals surface area contributed by atoms with Crippen LogP contribution in [0.15, 0.2) is 48.7 Å². The average molecular weight is 269 g/mol. The van der Waals surface area contributed by atoms with Crippen LogP contribution < -0.4 is 0 Å².